The number of H-pyrrole nitrogens is 1. The molecule has 0 unspecified atom stereocenters. The molecule has 0 aliphatic carbocycles. The summed E-state index contributed by atoms with van der Waals surface area (Å²) < 4.78 is 0. The lowest BCUT2D eigenvalue weighted by Crippen LogP contribution is -2.03. The van der Waals surface area contributed by atoms with Gasteiger partial charge >= 0.3 is 5.97 Å². The summed E-state index contributed by atoms with van der Waals surface area (Å²) in [6.45, 7) is 2.18. The van der Waals surface area contributed by atoms with E-state index < -0.39 is 5.97 Å². The van der Waals surface area contributed by atoms with Crippen LogP contribution >= 0.6 is 0 Å². The highest BCUT2D eigenvalue weighted by Gasteiger charge is 2.12. The van der Waals surface area contributed by atoms with Crippen LogP contribution < -0.4 is 0 Å². The smallest absolute Gasteiger partial charge is 0.303 e. The Labute approximate surface area is 146 Å². The molecule has 0 saturated carbocycles. The Kier molecular flexibility index (Phi) is 5.12. The minimum Gasteiger partial charge on any atom is -0.481 e. The summed E-state index contributed by atoms with van der Waals surface area (Å²) in [5.74, 6) is -1.11. The SMILES string of the molecule is CCCCCc1ccc2c(n1)[nH]c1ccc(C(=O)CCC(=O)O)cc12. The first-order valence-electron chi connectivity index (χ1n) is 8.75. The standard InChI is InChI=1S/C20H22N2O3/c1-2-3-4-5-14-7-8-15-16-12-13(18(23)10-11-19(24)25)6-9-17(16)22-20(15)21-14/h6-9,12H,2-5,10-11H2,1H3,(H,21,22)(H,24,25). The van der Waals surface area contributed by atoms with Gasteiger partial charge < -0.3 is 10.1 Å². The van der Waals surface area contributed by atoms with Gasteiger partial charge in [0.1, 0.15) is 5.65 Å². The summed E-state index contributed by atoms with van der Waals surface area (Å²) in [6, 6.07) is 9.53. The fourth-order valence-electron chi connectivity index (χ4n) is 3.05. The molecule has 2 heterocycles. The second kappa shape index (κ2) is 7.47. The van der Waals surface area contributed by atoms with Crippen molar-refractivity contribution >= 4 is 33.7 Å². The minimum absolute atomic E-state index is 0.0169. The number of aromatic amines is 1. The summed E-state index contributed by atoms with van der Waals surface area (Å²) in [4.78, 5) is 30.8. The highest BCUT2D eigenvalue weighted by atomic mass is 16.4. The maximum Gasteiger partial charge on any atom is 0.303 e. The van der Waals surface area contributed by atoms with Crippen LogP contribution in [0.5, 0.6) is 0 Å². The monoisotopic (exact) mass is 338 g/mol. The highest BCUT2D eigenvalue weighted by molar-refractivity contribution is 6.09. The van der Waals surface area contributed by atoms with E-state index >= 15 is 0 Å². The minimum atomic E-state index is -0.957. The van der Waals surface area contributed by atoms with Gasteiger partial charge in [-0.15, -0.1) is 0 Å². The van der Waals surface area contributed by atoms with Crippen molar-refractivity contribution in [3.8, 4) is 0 Å². The molecule has 0 amide bonds. The molecule has 25 heavy (non-hydrogen) atoms. The van der Waals surface area contributed by atoms with Crippen molar-refractivity contribution in [2.45, 2.75) is 45.4 Å². The Morgan fingerprint density at radius 3 is 2.68 bits per heavy atom. The first kappa shape index (κ1) is 17.1. The molecule has 0 radical (unpaired) electrons. The van der Waals surface area contributed by atoms with Gasteiger partial charge in [-0.2, -0.15) is 0 Å². The predicted molar refractivity (Wildman–Crippen MR) is 98.0 cm³/mol. The van der Waals surface area contributed by atoms with Crippen LogP contribution in [0.4, 0.5) is 0 Å². The molecule has 130 valence electrons. The first-order chi connectivity index (χ1) is 12.1. The van der Waals surface area contributed by atoms with E-state index in [2.05, 4.69) is 11.9 Å². The van der Waals surface area contributed by atoms with Crippen LogP contribution in [-0.4, -0.2) is 26.8 Å². The van der Waals surface area contributed by atoms with Crippen LogP contribution in [-0.2, 0) is 11.2 Å². The molecular weight excluding hydrogens is 316 g/mol. The molecule has 5 nitrogen and oxygen atoms in total. The number of carboxylic acid groups (broad SMARTS) is 1. The summed E-state index contributed by atoms with van der Waals surface area (Å²) in [5, 5.41) is 10.7. The van der Waals surface area contributed by atoms with Crippen molar-refractivity contribution < 1.29 is 14.7 Å². The number of nitrogens with zero attached hydrogens (tertiary/aromatic N) is 1. The fraction of sp³-hybridized carbons (Fsp3) is 0.350. The average molecular weight is 338 g/mol. The van der Waals surface area contributed by atoms with E-state index in [4.69, 9.17) is 10.1 Å². The van der Waals surface area contributed by atoms with Crippen LogP contribution in [0, 0.1) is 0 Å². The number of fused-ring (bicyclic) bond motifs is 3. The summed E-state index contributed by atoms with van der Waals surface area (Å²) >= 11 is 0. The van der Waals surface area contributed by atoms with Gasteiger partial charge in [0.2, 0.25) is 0 Å². The number of aryl methyl sites for hydroxylation is 1. The van der Waals surface area contributed by atoms with Crippen LogP contribution in [0.1, 0.15) is 55.1 Å². The molecule has 2 aromatic heterocycles. The number of hydrogen-bond donors (Lipinski definition) is 2. The maximum absolute atomic E-state index is 12.2. The van der Waals surface area contributed by atoms with Crippen molar-refractivity contribution in [2.24, 2.45) is 0 Å². The second-order valence-corrected chi connectivity index (χ2v) is 6.36. The molecule has 0 aliphatic heterocycles. The van der Waals surface area contributed by atoms with E-state index in [9.17, 15) is 9.59 Å². The number of carbonyl (C=O) groups is 2. The number of Topliss-reactive ketones (excluding diaryl/α,β-unsaturated/α-hetero) is 1. The summed E-state index contributed by atoms with van der Waals surface area (Å²) in [5.41, 5.74) is 3.38. The van der Waals surface area contributed by atoms with Crippen LogP contribution in [0.2, 0.25) is 0 Å². The van der Waals surface area contributed by atoms with E-state index in [0.717, 1.165) is 40.5 Å². The third-order valence-corrected chi connectivity index (χ3v) is 4.44. The first-order valence-corrected chi connectivity index (χ1v) is 8.75. The van der Waals surface area contributed by atoms with E-state index in [0.29, 0.717) is 5.56 Å². The van der Waals surface area contributed by atoms with E-state index in [-0.39, 0.29) is 18.6 Å². The molecule has 5 heteroatoms. The zero-order chi connectivity index (χ0) is 17.8. The van der Waals surface area contributed by atoms with Crippen molar-refractivity contribution in [1.82, 2.24) is 9.97 Å². The van der Waals surface area contributed by atoms with Crippen molar-refractivity contribution in [3.05, 3.63) is 41.6 Å². The van der Waals surface area contributed by atoms with Gasteiger partial charge in [0, 0.05) is 34.0 Å². The van der Waals surface area contributed by atoms with Gasteiger partial charge in [-0.05, 0) is 43.2 Å². The van der Waals surface area contributed by atoms with Gasteiger partial charge in [-0.3, -0.25) is 9.59 Å². The number of aromatic nitrogens is 2. The van der Waals surface area contributed by atoms with Gasteiger partial charge in [0.05, 0.1) is 6.42 Å². The van der Waals surface area contributed by atoms with Crippen LogP contribution in [0.25, 0.3) is 21.9 Å². The molecule has 0 spiro atoms. The lowest BCUT2D eigenvalue weighted by molar-refractivity contribution is -0.136. The molecule has 0 bridgehead atoms. The number of carbonyl (C=O) groups excluding carboxylic acids is 1. The number of ketones is 1. The van der Waals surface area contributed by atoms with Crippen molar-refractivity contribution in [2.75, 3.05) is 0 Å². The number of aliphatic carboxylic acids is 1. The fourth-order valence-corrected chi connectivity index (χ4v) is 3.05. The third-order valence-electron chi connectivity index (χ3n) is 4.44. The number of pyridine rings is 1. The molecule has 3 aromatic rings. The van der Waals surface area contributed by atoms with E-state index in [1.807, 2.05) is 24.3 Å². The topological polar surface area (TPSA) is 83.0 Å². The number of benzene rings is 1. The van der Waals surface area contributed by atoms with Crippen molar-refractivity contribution in [1.29, 1.82) is 0 Å². The number of unbranched alkanes of at least 4 members (excludes halogenated alkanes) is 2. The van der Waals surface area contributed by atoms with Gasteiger partial charge in [0.15, 0.2) is 5.78 Å². The normalized spacial score (nSPS) is 11.2. The molecule has 2 N–H and O–H groups in total. The van der Waals surface area contributed by atoms with E-state index in [1.165, 1.54) is 12.8 Å². The zero-order valence-corrected chi connectivity index (χ0v) is 14.3. The zero-order valence-electron chi connectivity index (χ0n) is 14.3. The molecule has 0 aliphatic rings. The van der Waals surface area contributed by atoms with Gasteiger partial charge in [-0.1, -0.05) is 19.8 Å². The Bertz CT molecular complexity index is 927. The molecule has 0 atom stereocenters. The number of nitrogens with one attached hydrogen (secondary N) is 1. The lowest BCUT2D eigenvalue weighted by atomic mass is 10.0. The number of rotatable bonds is 8. The molecule has 1 aromatic carbocycles. The quantitative estimate of drug-likeness (QED) is 0.468. The molecule has 3 rings (SSSR count). The Morgan fingerprint density at radius 1 is 1.08 bits per heavy atom. The Balaban J connectivity index is 1.89. The third kappa shape index (κ3) is 3.87. The van der Waals surface area contributed by atoms with Crippen LogP contribution in [0.15, 0.2) is 30.3 Å². The second-order valence-electron chi connectivity index (χ2n) is 6.36. The largest absolute Gasteiger partial charge is 0.481 e. The molecule has 0 fully saturated rings. The van der Waals surface area contributed by atoms with E-state index in [1.54, 1.807) is 6.07 Å². The molecule has 0 saturated heterocycles. The molecular formula is C20H22N2O3. The Hall–Kier alpha value is -2.69. The number of hydrogen-bond acceptors (Lipinski definition) is 3. The van der Waals surface area contributed by atoms with Gasteiger partial charge in [0.25, 0.3) is 0 Å². The van der Waals surface area contributed by atoms with Gasteiger partial charge in [-0.25, -0.2) is 4.98 Å². The summed E-state index contributed by atoms with van der Waals surface area (Å²) in [6.07, 6.45) is 4.37. The van der Waals surface area contributed by atoms with Crippen LogP contribution in [0.3, 0.4) is 0 Å². The maximum atomic E-state index is 12.2. The number of carboxylic acids is 1. The average Bonchev–Trinajstić information content (AvgIpc) is 2.96. The highest BCUT2D eigenvalue weighted by Crippen LogP contribution is 2.26. The Morgan fingerprint density at radius 2 is 1.92 bits per heavy atom. The lowest BCUT2D eigenvalue weighted by Gasteiger charge is -2.01. The summed E-state index contributed by atoms with van der Waals surface area (Å²) in [7, 11) is 0. The predicted octanol–water partition coefficient (Wildman–Crippen LogP) is 4.50. The van der Waals surface area contributed by atoms with Crippen molar-refractivity contribution in [3.63, 3.8) is 0 Å².